The lowest BCUT2D eigenvalue weighted by Crippen LogP contribution is -2.28. The highest BCUT2D eigenvalue weighted by atomic mass is 16.6. The van der Waals surface area contributed by atoms with E-state index < -0.39 is 23.6 Å². The molecule has 0 aliphatic rings. The Kier molecular flexibility index (Phi) is 9.12. The first kappa shape index (κ1) is 26.3. The van der Waals surface area contributed by atoms with Gasteiger partial charge in [-0.2, -0.15) is 0 Å². The number of amides is 2. The van der Waals surface area contributed by atoms with Crippen LogP contribution in [0.25, 0.3) is 11.3 Å². The number of anilines is 2. The van der Waals surface area contributed by atoms with Crippen LogP contribution in [0, 0.1) is 0 Å². The molecule has 34 heavy (non-hydrogen) atoms. The molecule has 2 rings (SSSR count). The highest BCUT2D eigenvalue weighted by Gasteiger charge is 2.27. The van der Waals surface area contributed by atoms with Gasteiger partial charge in [-0.1, -0.05) is 18.2 Å². The molecule has 180 valence electrons. The van der Waals surface area contributed by atoms with Gasteiger partial charge in [0.15, 0.2) is 0 Å². The van der Waals surface area contributed by atoms with Crippen LogP contribution in [0.5, 0.6) is 0 Å². The summed E-state index contributed by atoms with van der Waals surface area (Å²) in [5.74, 6) is -1.30. The van der Waals surface area contributed by atoms with E-state index in [2.05, 4.69) is 28.5 Å². The molecule has 2 amide bonds. The molecule has 0 spiro atoms. The summed E-state index contributed by atoms with van der Waals surface area (Å²) >= 11 is 0. The number of aromatic nitrogens is 1. The minimum atomic E-state index is -0.640. The van der Waals surface area contributed by atoms with E-state index >= 15 is 0 Å². The summed E-state index contributed by atoms with van der Waals surface area (Å²) in [5, 5.41) is 5.39. The predicted octanol–water partition coefficient (Wildman–Crippen LogP) is 5.44. The van der Waals surface area contributed by atoms with Crippen LogP contribution in [0.2, 0.25) is 0 Å². The minimum absolute atomic E-state index is 0.113. The molecule has 0 radical (unpaired) electrons. The van der Waals surface area contributed by atoms with Gasteiger partial charge in [0, 0.05) is 17.7 Å². The summed E-state index contributed by atoms with van der Waals surface area (Å²) in [6.07, 6.45) is 2.97. The molecule has 1 unspecified atom stereocenters. The van der Waals surface area contributed by atoms with Crippen molar-refractivity contribution in [2.75, 3.05) is 17.7 Å². The van der Waals surface area contributed by atoms with Gasteiger partial charge < -0.3 is 14.8 Å². The molecule has 8 heteroatoms. The van der Waals surface area contributed by atoms with Crippen molar-refractivity contribution in [2.24, 2.45) is 0 Å². The van der Waals surface area contributed by atoms with Crippen molar-refractivity contribution in [3.8, 4) is 11.3 Å². The van der Waals surface area contributed by atoms with Crippen molar-refractivity contribution in [3.63, 3.8) is 0 Å². The van der Waals surface area contributed by atoms with E-state index in [0.29, 0.717) is 34.7 Å². The van der Waals surface area contributed by atoms with E-state index in [4.69, 9.17) is 9.72 Å². The maximum atomic E-state index is 12.8. The largest absolute Gasteiger partial charge is 0.459 e. The Hall–Kier alpha value is -3.94. The van der Waals surface area contributed by atoms with Crippen LogP contribution in [0.3, 0.4) is 0 Å². The normalized spacial score (nSPS) is 11.6. The van der Waals surface area contributed by atoms with Crippen LogP contribution < -0.4 is 10.6 Å². The van der Waals surface area contributed by atoms with Crippen molar-refractivity contribution in [1.82, 2.24) is 4.98 Å². The van der Waals surface area contributed by atoms with Crippen molar-refractivity contribution in [2.45, 2.75) is 45.1 Å². The first-order chi connectivity index (χ1) is 16.1. The fraction of sp³-hybridized carbons (Fsp3) is 0.308. The lowest BCUT2D eigenvalue weighted by molar-refractivity contribution is -0.156. The van der Waals surface area contributed by atoms with E-state index in [9.17, 15) is 14.4 Å². The summed E-state index contributed by atoms with van der Waals surface area (Å²) in [6, 6.07) is 10.3. The molecule has 0 saturated heterocycles. The fourth-order valence-corrected chi connectivity index (χ4v) is 3.12. The average molecular weight is 466 g/mol. The minimum Gasteiger partial charge on any atom is -0.459 e. The molecule has 8 nitrogen and oxygen atoms in total. The Morgan fingerprint density at radius 3 is 2.44 bits per heavy atom. The predicted molar refractivity (Wildman–Crippen MR) is 133 cm³/mol. The summed E-state index contributed by atoms with van der Waals surface area (Å²) in [4.78, 5) is 41.4. The molecular weight excluding hydrogens is 434 g/mol. The highest BCUT2D eigenvalue weighted by Crippen LogP contribution is 2.32. The molecule has 1 aromatic heterocycles. The van der Waals surface area contributed by atoms with E-state index in [1.807, 2.05) is 20.8 Å². The zero-order chi connectivity index (χ0) is 25.3. The lowest BCUT2D eigenvalue weighted by atomic mass is 9.99. The Labute approximate surface area is 200 Å². The first-order valence-corrected chi connectivity index (χ1v) is 10.8. The standard InChI is InChI=1S/C26H31N3O5/c1-7-10-19(24(31)34-26(3,4)5)21-13-9-12-20(28-21)18-15-14-17(27-25(32)33-6)16-22(18)29-23(30)11-8-2/h7-9,12-16,19H,1-2,10-11H2,3-6H3,(H,27,32)(H,29,30). The average Bonchev–Trinajstić information content (AvgIpc) is 2.76. The zero-order valence-corrected chi connectivity index (χ0v) is 20.0. The van der Waals surface area contributed by atoms with Gasteiger partial charge in [0.1, 0.15) is 11.5 Å². The van der Waals surface area contributed by atoms with E-state index in [1.54, 1.807) is 42.5 Å². The van der Waals surface area contributed by atoms with Crippen LogP contribution in [-0.4, -0.2) is 35.7 Å². The number of nitrogens with one attached hydrogen (secondary N) is 2. The number of rotatable bonds is 9. The maximum absolute atomic E-state index is 12.8. The monoisotopic (exact) mass is 465 g/mol. The smallest absolute Gasteiger partial charge is 0.411 e. The van der Waals surface area contributed by atoms with Crippen molar-refractivity contribution < 1.29 is 23.9 Å². The molecular formula is C26H31N3O5. The number of ether oxygens (including phenoxy) is 2. The number of allylic oxidation sites excluding steroid dienone is 1. The van der Waals surface area contributed by atoms with Gasteiger partial charge in [-0.05, 0) is 57.5 Å². The van der Waals surface area contributed by atoms with Gasteiger partial charge in [0.2, 0.25) is 5.91 Å². The number of hydrogen-bond donors (Lipinski definition) is 2. The molecule has 0 bridgehead atoms. The van der Waals surface area contributed by atoms with Gasteiger partial charge in [0.25, 0.3) is 0 Å². The van der Waals surface area contributed by atoms with E-state index in [1.165, 1.54) is 13.2 Å². The molecule has 1 aromatic carbocycles. The Morgan fingerprint density at radius 2 is 1.82 bits per heavy atom. The van der Waals surface area contributed by atoms with Crippen molar-refractivity contribution in [3.05, 3.63) is 67.4 Å². The SMILES string of the molecule is C=CCC(=O)Nc1cc(NC(=O)OC)ccc1-c1cccc(C(CC=C)C(=O)OC(C)(C)C)n1. The summed E-state index contributed by atoms with van der Waals surface area (Å²) in [7, 11) is 1.26. The molecule has 2 N–H and O–H groups in total. The third kappa shape index (κ3) is 7.58. The van der Waals surface area contributed by atoms with Crippen molar-refractivity contribution >= 4 is 29.3 Å². The summed E-state index contributed by atoms with van der Waals surface area (Å²) in [5.41, 5.74) is 1.89. The number of carbonyl (C=O) groups is 3. The molecule has 0 saturated carbocycles. The molecule has 1 heterocycles. The summed E-state index contributed by atoms with van der Waals surface area (Å²) in [6.45, 7) is 12.8. The van der Waals surface area contributed by atoms with Crippen molar-refractivity contribution in [1.29, 1.82) is 0 Å². The lowest BCUT2D eigenvalue weighted by Gasteiger charge is -2.23. The Bertz CT molecular complexity index is 1070. The first-order valence-electron chi connectivity index (χ1n) is 10.8. The van der Waals surface area contributed by atoms with Crippen LogP contribution in [-0.2, 0) is 19.1 Å². The molecule has 1 atom stereocenters. The van der Waals surface area contributed by atoms with Gasteiger partial charge in [0.05, 0.1) is 24.2 Å². The number of pyridine rings is 1. The van der Waals surface area contributed by atoms with E-state index in [-0.39, 0.29) is 12.3 Å². The van der Waals surface area contributed by atoms with E-state index in [0.717, 1.165) is 0 Å². The Balaban J connectivity index is 2.50. The Morgan fingerprint density at radius 1 is 1.09 bits per heavy atom. The second-order valence-electron chi connectivity index (χ2n) is 8.48. The summed E-state index contributed by atoms with van der Waals surface area (Å²) < 4.78 is 10.2. The highest BCUT2D eigenvalue weighted by molar-refractivity contribution is 5.97. The molecule has 0 aliphatic heterocycles. The second kappa shape index (κ2) is 11.8. The fourth-order valence-electron chi connectivity index (χ4n) is 3.12. The van der Waals surface area contributed by atoms with Gasteiger partial charge in [-0.15, -0.1) is 13.2 Å². The van der Waals surface area contributed by atoms with Gasteiger partial charge in [-0.25, -0.2) is 4.79 Å². The molecule has 0 fully saturated rings. The second-order valence-corrected chi connectivity index (χ2v) is 8.48. The number of carbonyl (C=O) groups excluding carboxylic acids is 3. The molecule has 0 aliphatic carbocycles. The van der Waals surface area contributed by atoms with Gasteiger partial charge >= 0.3 is 12.1 Å². The maximum Gasteiger partial charge on any atom is 0.411 e. The van der Waals surface area contributed by atoms with Crippen LogP contribution in [0.4, 0.5) is 16.2 Å². The van der Waals surface area contributed by atoms with Gasteiger partial charge in [-0.3, -0.25) is 19.9 Å². The quantitative estimate of drug-likeness (QED) is 0.377. The number of methoxy groups -OCH3 is 1. The number of benzene rings is 1. The number of hydrogen-bond acceptors (Lipinski definition) is 6. The number of esters is 1. The topological polar surface area (TPSA) is 107 Å². The van der Waals surface area contributed by atoms with Crippen LogP contribution in [0.1, 0.15) is 45.2 Å². The van der Waals surface area contributed by atoms with Crippen LogP contribution in [0.15, 0.2) is 61.7 Å². The number of nitrogens with zero attached hydrogens (tertiary/aromatic N) is 1. The van der Waals surface area contributed by atoms with Crippen LogP contribution >= 0.6 is 0 Å². The zero-order valence-electron chi connectivity index (χ0n) is 20.0. The third-order valence-corrected chi connectivity index (χ3v) is 4.55. The third-order valence-electron chi connectivity index (χ3n) is 4.55. The molecule has 2 aromatic rings.